The number of aromatic nitrogens is 1. The van der Waals surface area contributed by atoms with E-state index < -0.39 is 0 Å². The second kappa shape index (κ2) is 4.80. The zero-order valence-corrected chi connectivity index (χ0v) is 12.9. The highest BCUT2D eigenvalue weighted by molar-refractivity contribution is 9.10. The molecule has 2 aromatic rings. The molecular formula is C15H13BrClNO. The van der Waals surface area contributed by atoms with Crippen LogP contribution in [0.3, 0.4) is 0 Å². The Morgan fingerprint density at radius 1 is 1.32 bits per heavy atom. The van der Waals surface area contributed by atoms with Gasteiger partial charge in [-0.15, -0.1) is 0 Å². The summed E-state index contributed by atoms with van der Waals surface area (Å²) in [6.45, 7) is 1.98. The van der Waals surface area contributed by atoms with Gasteiger partial charge in [-0.05, 0) is 59.5 Å². The van der Waals surface area contributed by atoms with Crippen LogP contribution in [-0.2, 0) is 6.42 Å². The number of hydrogen-bond donors (Lipinski definition) is 0. The van der Waals surface area contributed by atoms with Gasteiger partial charge in [0.25, 0.3) is 0 Å². The van der Waals surface area contributed by atoms with Gasteiger partial charge in [-0.25, -0.2) is 0 Å². The van der Waals surface area contributed by atoms with Gasteiger partial charge in [-0.3, -0.25) is 4.79 Å². The molecule has 1 aliphatic carbocycles. The van der Waals surface area contributed by atoms with E-state index in [1.54, 1.807) is 0 Å². The Morgan fingerprint density at radius 2 is 2.11 bits per heavy atom. The lowest BCUT2D eigenvalue weighted by molar-refractivity contribution is 0.0972. The molecule has 3 rings (SSSR count). The molecule has 0 saturated carbocycles. The zero-order chi connectivity index (χ0) is 13.6. The molecule has 0 saturated heterocycles. The number of nitrogens with zero attached hydrogens (tertiary/aromatic N) is 1. The molecule has 2 nitrogen and oxygen atoms in total. The van der Waals surface area contributed by atoms with Gasteiger partial charge in [0.15, 0.2) is 5.78 Å². The van der Waals surface area contributed by atoms with E-state index in [0.717, 1.165) is 44.8 Å². The molecule has 1 heterocycles. The summed E-state index contributed by atoms with van der Waals surface area (Å²) in [6.07, 6.45) is 4.48. The van der Waals surface area contributed by atoms with Crippen molar-refractivity contribution in [2.75, 3.05) is 0 Å². The molecule has 98 valence electrons. The van der Waals surface area contributed by atoms with Crippen LogP contribution in [0.25, 0.3) is 5.69 Å². The van der Waals surface area contributed by atoms with Gasteiger partial charge in [0.05, 0.1) is 5.69 Å². The van der Waals surface area contributed by atoms with Gasteiger partial charge >= 0.3 is 0 Å². The van der Waals surface area contributed by atoms with E-state index in [9.17, 15) is 4.79 Å². The van der Waals surface area contributed by atoms with E-state index >= 15 is 0 Å². The van der Waals surface area contributed by atoms with Crippen LogP contribution in [0.2, 0.25) is 5.02 Å². The number of ketones is 1. The molecular weight excluding hydrogens is 326 g/mol. The van der Waals surface area contributed by atoms with Crippen molar-refractivity contribution in [3.05, 3.63) is 50.7 Å². The van der Waals surface area contributed by atoms with E-state index in [1.165, 1.54) is 0 Å². The molecule has 1 aliphatic rings. The first kappa shape index (κ1) is 12.9. The van der Waals surface area contributed by atoms with Crippen LogP contribution in [-0.4, -0.2) is 10.4 Å². The van der Waals surface area contributed by atoms with E-state index in [4.69, 9.17) is 11.6 Å². The summed E-state index contributed by atoms with van der Waals surface area (Å²) < 4.78 is 3.06. The van der Waals surface area contributed by atoms with Crippen LogP contribution in [0.1, 0.15) is 34.5 Å². The number of halogens is 2. The Bertz CT molecular complexity index is 675. The summed E-state index contributed by atoms with van der Waals surface area (Å²) in [7, 11) is 0. The van der Waals surface area contributed by atoms with Gasteiger partial charge in [-0.2, -0.15) is 0 Å². The first-order valence-corrected chi connectivity index (χ1v) is 7.44. The molecule has 4 heteroatoms. The average molecular weight is 339 g/mol. The molecule has 0 amide bonds. The van der Waals surface area contributed by atoms with Crippen molar-refractivity contribution in [2.45, 2.75) is 26.2 Å². The Balaban J connectivity index is 2.18. The first-order chi connectivity index (χ1) is 9.08. The minimum absolute atomic E-state index is 0.245. The summed E-state index contributed by atoms with van der Waals surface area (Å²) in [5.41, 5.74) is 3.98. The van der Waals surface area contributed by atoms with E-state index in [-0.39, 0.29) is 5.78 Å². The Labute approximate surface area is 125 Å². The Kier molecular flexibility index (Phi) is 3.27. The van der Waals surface area contributed by atoms with Crippen molar-refractivity contribution in [3.8, 4) is 5.69 Å². The number of carbonyl (C=O) groups is 1. The molecule has 19 heavy (non-hydrogen) atoms. The van der Waals surface area contributed by atoms with Crippen molar-refractivity contribution >= 4 is 33.3 Å². The van der Waals surface area contributed by atoms with Crippen LogP contribution in [0.4, 0.5) is 0 Å². The fourth-order valence-corrected chi connectivity index (χ4v) is 3.38. The number of aryl methyl sites for hydroxylation is 1. The van der Waals surface area contributed by atoms with Crippen LogP contribution in [0.5, 0.6) is 0 Å². The monoisotopic (exact) mass is 337 g/mol. The fraction of sp³-hybridized carbons (Fsp3) is 0.267. The van der Waals surface area contributed by atoms with Crippen LogP contribution < -0.4 is 0 Å². The summed E-state index contributed by atoms with van der Waals surface area (Å²) in [4.78, 5) is 11.9. The van der Waals surface area contributed by atoms with Crippen LogP contribution in [0, 0.1) is 6.92 Å². The molecule has 0 bridgehead atoms. The predicted octanol–water partition coefficient (Wildman–Crippen LogP) is 4.72. The highest BCUT2D eigenvalue weighted by atomic mass is 79.9. The standard InChI is InChI=1S/C15H13BrClNO/c1-9-7-11(16)14(8-12(9)17)18-6-5-10-13(18)3-2-4-15(10)19/h5-8H,2-4H2,1H3. The molecule has 0 spiro atoms. The summed E-state index contributed by atoms with van der Waals surface area (Å²) >= 11 is 9.79. The van der Waals surface area contributed by atoms with Crippen molar-refractivity contribution in [1.29, 1.82) is 0 Å². The first-order valence-electron chi connectivity index (χ1n) is 6.27. The molecule has 0 atom stereocenters. The van der Waals surface area contributed by atoms with Crippen molar-refractivity contribution in [3.63, 3.8) is 0 Å². The van der Waals surface area contributed by atoms with Crippen LogP contribution in [0.15, 0.2) is 28.9 Å². The normalized spacial score (nSPS) is 14.6. The lowest BCUT2D eigenvalue weighted by Crippen LogP contribution is -2.12. The van der Waals surface area contributed by atoms with Crippen LogP contribution >= 0.6 is 27.5 Å². The number of fused-ring (bicyclic) bond motifs is 1. The number of carbonyl (C=O) groups excluding carboxylic acids is 1. The molecule has 0 fully saturated rings. The SMILES string of the molecule is Cc1cc(Br)c(-n2ccc3c2CCCC3=O)cc1Cl. The summed E-state index contributed by atoms with van der Waals surface area (Å²) in [6, 6.07) is 5.87. The second-order valence-electron chi connectivity index (χ2n) is 4.88. The van der Waals surface area contributed by atoms with Gasteiger partial charge in [0.2, 0.25) is 0 Å². The largest absolute Gasteiger partial charge is 0.319 e. The highest BCUT2D eigenvalue weighted by Crippen LogP contribution is 2.32. The number of Topliss-reactive ketones (excluding diaryl/α,β-unsaturated/α-hetero) is 1. The maximum atomic E-state index is 11.9. The molecule has 1 aromatic carbocycles. The molecule has 0 N–H and O–H groups in total. The van der Waals surface area contributed by atoms with Gasteiger partial charge in [-0.1, -0.05) is 11.6 Å². The van der Waals surface area contributed by atoms with Gasteiger partial charge in [0, 0.05) is 33.4 Å². The lowest BCUT2D eigenvalue weighted by atomic mass is 9.97. The number of rotatable bonds is 1. The molecule has 0 radical (unpaired) electrons. The smallest absolute Gasteiger partial charge is 0.164 e. The predicted molar refractivity (Wildman–Crippen MR) is 80.5 cm³/mol. The quantitative estimate of drug-likeness (QED) is 0.737. The molecule has 0 unspecified atom stereocenters. The lowest BCUT2D eigenvalue weighted by Gasteiger charge is -2.16. The highest BCUT2D eigenvalue weighted by Gasteiger charge is 2.22. The van der Waals surface area contributed by atoms with Crippen molar-refractivity contribution < 1.29 is 4.79 Å². The summed E-state index contributed by atoms with van der Waals surface area (Å²) in [5.74, 6) is 0.245. The third kappa shape index (κ3) is 2.15. The average Bonchev–Trinajstić information content (AvgIpc) is 2.79. The van der Waals surface area contributed by atoms with E-state index in [2.05, 4.69) is 20.5 Å². The number of hydrogen-bond acceptors (Lipinski definition) is 1. The third-order valence-electron chi connectivity index (χ3n) is 3.60. The summed E-state index contributed by atoms with van der Waals surface area (Å²) in [5, 5.41) is 0.739. The van der Waals surface area contributed by atoms with Gasteiger partial charge < -0.3 is 4.57 Å². The topological polar surface area (TPSA) is 22.0 Å². The minimum atomic E-state index is 0.245. The fourth-order valence-electron chi connectivity index (χ4n) is 2.57. The Hall–Kier alpha value is -1.06. The maximum Gasteiger partial charge on any atom is 0.164 e. The van der Waals surface area contributed by atoms with E-state index in [0.29, 0.717) is 6.42 Å². The molecule has 0 aliphatic heterocycles. The van der Waals surface area contributed by atoms with E-state index in [1.807, 2.05) is 31.3 Å². The zero-order valence-electron chi connectivity index (χ0n) is 10.5. The minimum Gasteiger partial charge on any atom is -0.319 e. The Morgan fingerprint density at radius 3 is 2.89 bits per heavy atom. The van der Waals surface area contributed by atoms with Crippen molar-refractivity contribution in [1.82, 2.24) is 4.57 Å². The third-order valence-corrected chi connectivity index (χ3v) is 4.64. The maximum absolute atomic E-state index is 11.9. The van der Waals surface area contributed by atoms with Gasteiger partial charge in [0.1, 0.15) is 0 Å². The van der Waals surface area contributed by atoms with Crippen molar-refractivity contribution in [2.24, 2.45) is 0 Å². The molecule has 1 aromatic heterocycles. The number of benzene rings is 1. The second-order valence-corrected chi connectivity index (χ2v) is 6.14.